The molecule has 1 aliphatic heterocycles. The predicted octanol–water partition coefficient (Wildman–Crippen LogP) is 0.338. The normalized spacial score (nSPS) is 19.1. The first-order valence-corrected chi connectivity index (χ1v) is 9.37. The van der Waals surface area contributed by atoms with Gasteiger partial charge in [0.15, 0.2) is 0 Å². The van der Waals surface area contributed by atoms with Crippen molar-refractivity contribution in [1.29, 1.82) is 0 Å². The van der Waals surface area contributed by atoms with Crippen LogP contribution in [0.4, 0.5) is 0 Å². The number of piperazine rings is 1. The Hall–Kier alpha value is -1.93. The topological polar surface area (TPSA) is 95.6 Å². The zero-order valence-corrected chi connectivity index (χ0v) is 14.7. The molecule has 0 unspecified atom stereocenters. The first kappa shape index (κ1) is 18.4. The van der Waals surface area contributed by atoms with E-state index < -0.39 is 22.0 Å². The van der Waals surface area contributed by atoms with Crippen molar-refractivity contribution in [3.8, 4) is 0 Å². The number of carbonyl (C=O) groups excluding carboxylic acids is 2. The van der Waals surface area contributed by atoms with Crippen LogP contribution < -0.4 is 10.6 Å². The summed E-state index contributed by atoms with van der Waals surface area (Å²) in [4.78, 5) is 24.3. The molecule has 0 spiro atoms. The molecule has 2 amide bonds. The summed E-state index contributed by atoms with van der Waals surface area (Å²) in [5, 5.41) is 5.35. The summed E-state index contributed by atoms with van der Waals surface area (Å²) in [6, 6.07) is 6.91. The Morgan fingerprint density at radius 3 is 2.62 bits per heavy atom. The van der Waals surface area contributed by atoms with Gasteiger partial charge in [-0.2, -0.15) is 4.31 Å². The molecule has 1 aromatic rings. The maximum atomic E-state index is 12.8. The maximum Gasteiger partial charge on any atom is 0.243 e. The number of amides is 2. The fraction of sp³-hybridized carbons (Fsp3) is 0.500. The van der Waals surface area contributed by atoms with Crippen LogP contribution in [0.15, 0.2) is 35.2 Å². The molecule has 1 aliphatic rings. The highest BCUT2D eigenvalue weighted by atomic mass is 32.2. The number of sulfonamides is 1. The second-order valence-corrected chi connectivity index (χ2v) is 8.03. The summed E-state index contributed by atoms with van der Waals surface area (Å²) >= 11 is 0. The van der Waals surface area contributed by atoms with Crippen LogP contribution in [0.2, 0.25) is 0 Å². The smallest absolute Gasteiger partial charge is 0.243 e. The minimum absolute atomic E-state index is 0.118. The van der Waals surface area contributed by atoms with Crippen LogP contribution in [0.5, 0.6) is 0 Å². The number of hydrogen-bond donors (Lipinski definition) is 2. The van der Waals surface area contributed by atoms with Crippen molar-refractivity contribution in [2.45, 2.75) is 31.2 Å². The fourth-order valence-corrected chi connectivity index (χ4v) is 4.08. The number of nitrogens with zero attached hydrogens (tertiary/aromatic N) is 1. The lowest BCUT2D eigenvalue weighted by molar-refractivity contribution is -0.131. The van der Waals surface area contributed by atoms with Gasteiger partial charge in [-0.1, -0.05) is 32.0 Å². The van der Waals surface area contributed by atoms with Gasteiger partial charge in [0, 0.05) is 19.6 Å². The Balaban J connectivity index is 2.20. The van der Waals surface area contributed by atoms with Crippen LogP contribution in [0.3, 0.4) is 0 Å². The third-order valence-corrected chi connectivity index (χ3v) is 5.64. The van der Waals surface area contributed by atoms with E-state index >= 15 is 0 Å². The molecule has 1 saturated heterocycles. The molecule has 0 saturated carbocycles. The van der Waals surface area contributed by atoms with Crippen molar-refractivity contribution in [2.75, 3.05) is 19.6 Å². The predicted molar refractivity (Wildman–Crippen MR) is 89.6 cm³/mol. The van der Waals surface area contributed by atoms with Gasteiger partial charge in [0.25, 0.3) is 0 Å². The van der Waals surface area contributed by atoms with E-state index in [1.165, 1.54) is 12.1 Å². The minimum atomic E-state index is -3.83. The highest BCUT2D eigenvalue weighted by Gasteiger charge is 2.39. The SMILES string of the molecule is CC(C)CNC(=O)C[C@H]1C(=O)NCCN1S(=O)(=O)c1ccccc1. The fourth-order valence-electron chi connectivity index (χ4n) is 2.47. The Morgan fingerprint density at radius 1 is 1.33 bits per heavy atom. The molecule has 0 radical (unpaired) electrons. The van der Waals surface area contributed by atoms with Gasteiger partial charge in [-0.15, -0.1) is 0 Å². The zero-order valence-electron chi connectivity index (χ0n) is 13.9. The number of benzene rings is 1. The lowest BCUT2D eigenvalue weighted by Crippen LogP contribution is -2.58. The van der Waals surface area contributed by atoms with Crippen LogP contribution in [0.1, 0.15) is 20.3 Å². The van der Waals surface area contributed by atoms with E-state index in [2.05, 4.69) is 10.6 Å². The molecule has 8 heteroatoms. The molecule has 2 N–H and O–H groups in total. The van der Waals surface area contributed by atoms with Gasteiger partial charge in [0.2, 0.25) is 21.8 Å². The maximum absolute atomic E-state index is 12.8. The Bertz CT molecular complexity index is 689. The first-order valence-electron chi connectivity index (χ1n) is 7.93. The van der Waals surface area contributed by atoms with Crippen LogP contribution in [-0.4, -0.2) is 50.2 Å². The minimum Gasteiger partial charge on any atom is -0.356 e. The summed E-state index contributed by atoms with van der Waals surface area (Å²) in [6.07, 6.45) is -0.190. The summed E-state index contributed by atoms with van der Waals surface area (Å²) < 4.78 is 26.7. The van der Waals surface area contributed by atoms with E-state index in [1.54, 1.807) is 18.2 Å². The number of nitrogens with one attached hydrogen (secondary N) is 2. The van der Waals surface area contributed by atoms with Gasteiger partial charge in [-0.3, -0.25) is 9.59 Å². The van der Waals surface area contributed by atoms with Crippen molar-refractivity contribution < 1.29 is 18.0 Å². The van der Waals surface area contributed by atoms with Gasteiger partial charge in [-0.05, 0) is 18.1 Å². The Morgan fingerprint density at radius 2 is 2.00 bits per heavy atom. The van der Waals surface area contributed by atoms with Gasteiger partial charge in [0.05, 0.1) is 11.3 Å². The van der Waals surface area contributed by atoms with Gasteiger partial charge < -0.3 is 10.6 Å². The molecule has 7 nitrogen and oxygen atoms in total. The molecule has 0 bridgehead atoms. The van der Waals surface area contributed by atoms with Crippen LogP contribution in [0, 0.1) is 5.92 Å². The summed E-state index contributed by atoms with van der Waals surface area (Å²) in [5.74, 6) is -0.502. The molecule has 1 atom stereocenters. The molecule has 1 fully saturated rings. The lowest BCUT2D eigenvalue weighted by Gasteiger charge is -2.33. The Labute approximate surface area is 142 Å². The van der Waals surface area contributed by atoms with E-state index in [9.17, 15) is 18.0 Å². The quantitative estimate of drug-likeness (QED) is 0.771. The highest BCUT2D eigenvalue weighted by molar-refractivity contribution is 7.89. The molecule has 0 aliphatic carbocycles. The molecular weight excluding hydrogens is 330 g/mol. The summed E-state index contributed by atoms with van der Waals surface area (Å²) in [6.45, 7) is 4.78. The average molecular weight is 353 g/mol. The number of carbonyl (C=O) groups is 2. The molecule has 0 aromatic heterocycles. The standard InChI is InChI=1S/C16H23N3O4S/c1-12(2)11-18-15(20)10-14-16(21)17-8-9-19(14)24(22,23)13-6-4-3-5-7-13/h3-7,12,14H,8-11H2,1-2H3,(H,17,21)(H,18,20)/t14-/m0/s1. The third-order valence-electron chi connectivity index (χ3n) is 3.72. The van der Waals surface area contributed by atoms with E-state index in [-0.39, 0.29) is 36.2 Å². The van der Waals surface area contributed by atoms with Gasteiger partial charge in [0.1, 0.15) is 6.04 Å². The molecule has 132 valence electrons. The largest absolute Gasteiger partial charge is 0.356 e. The summed E-state index contributed by atoms with van der Waals surface area (Å²) in [5.41, 5.74) is 0. The summed E-state index contributed by atoms with van der Waals surface area (Å²) in [7, 11) is -3.83. The molecule has 24 heavy (non-hydrogen) atoms. The second-order valence-electron chi connectivity index (χ2n) is 6.14. The van der Waals surface area contributed by atoms with Crippen LogP contribution in [0.25, 0.3) is 0 Å². The highest BCUT2D eigenvalue weighted by Crippen LogP contribution is 2.21. The van der Waals surface area contributed by atoms with Crippen molar-refractivity contribution in [1.82, 2.24) is 14.9 Å². The van der Waals surface area contributed by atoms with E-state index in [0.29, 0.717) is 6.54 Å². The lowest BCUT2D eigenvalue weighted by atomic mass is 10.1. The average Bonchev–Trinajstić information content (AvgIpc) is 2.55. The zero-order chi connectivity index (χ0) is 17.7. The van der Waals surface area contributed by atoms with Crippen molar-refractivity contribution in [3.05, 3.63) is 30.3 Å². The molecule has 1 aromatic carbocycles. The van der Waals surface area contributed by atoms with E-state index in [0.717, 1.165) is 4.31 Å². The van der Waals surface area contributed by atoms with Crippen molar-refractivity contribution >= 4 is 21.8 Å². The van der Waals surface area contributed by atoms with Crippen LogP contribution >= 0.6 is 0 Å². The first-order chi connectivity index (χ1) is 11.3. The number of hydrogen-bond acceptors (Lipinski definition) is 4. The molecule has 2 rings (SSSR count). The monoisotopic (exact) mass is 353 g/mol. The second kappa shape index (κ2) is 7.76. The Kier molecular flexibility index (Phi) is 5.95. The van der Waals surface area contributed by atoms with Gasteiger partial charge >= 0.3 is 0 Å². The number of rotatable bonds is 6. The molecule has 1 heterocycles. The van der Waals surface area contributed by atoms with Crippen molar-refractivity contribution in [2.24, 2.45) is 5.92 Å². The van der Waals surface area contributed by atoms with E-state index in [1.807, 2.05) is 13.8 Å². The third kappa shape index (κ3) is 4.33. The van der Waals surface area contributed by atoms with Crippen LogP contribution in [-0.2, 0) is 19.6 Å². The van der Waals surface area contributed by atoms with Crippen molar-refractivity contribution in [3.63, 3.8) is 0 Å². The molecular formula is C16H23N3O4S. The van der Waals surface area contributed by atoms with E-state index in [4.69, 9.17) is 0 Å². The van der Waals surface area contributed by atoms with Gasteiger partial charge in [-0.25, -0.2) is 8.42 Å².